The maximum absolute atomic E-state index is 4.85. The summed E-state index contributed by atoms with van der Waals surface area (Å²) in [6.07, 6.45) is 0. The van der Waals surface area contributed by atoms with E-state index in [-0.39, 0.29) is 0 Å². The third-order valence-corrected chi connectivity index (χ3v) is 4.09. The van der Waals surface area contributed by atoms with Crippen LogP contribution in [0.1, 0.15) is 25.5 Å². The van der Waals surface area contributed by atoms with Crippen LogP contribution in [0, 0.1) is 0 Å². The van der Waals surface area contributed by atoms with E-state index in [1.165, 1.54) is 0 Å². The maximum atomic E-state index is 4.85. The van der Waals surface area contributed by atoms with Crippen molar-refractivity contribution in [3.63, 3.8) is 0 Å². The first kappa shape index (κ1) is 13.4. The molecule has 2 aromatic rings. The Balaban J connectivity index is 2.03. The lowest BCUT2D eigenvalue weighted by Gasteiger charge is -2.32. The number of rotatable bonds is 2. The van der Waals surface area contributed by atoms with E-state index in [1.54, 1.807) is 0 Å². The third-order valence-electron chi connectivity index (χ3n) is 4.09. The molecule has 0 aliphatic carbocycles. The average molecular weight is 273 g/mol. The van der Waals surface area contributed by atoms with Crippen molar-refractivity contribution in [3.05, 3.63) is 17.8 Å². The van der Waals surface area contributed by atoms with Gasteiger partial charge in [-0.3, -0.25) is 4.68 Å². The number of anilines is 1. The summed E-state index contributed by atoms with van der Waals surface area (Å²) >= 11 is 0. The predicted molar refractivity (Wildman–Crippen MR) is 82.3 cm³/mol. The highest BCUT2D eigenvalue weighted by molar-refractivity contribution is 5.87. The number of hydrogen-bond acceptors (Lipinski definition) is 4. The zero-order valence-electron chi connectivity index (χ0n) is 12.8. The number of aromatic nitrogens is 3. The maximum Gasteiger partial charge on any atom is 0.177 e. The number of pyridine rings is 1. The Bertz CT molecular complexity index is 608. The fourth-order valence-electron chi connectivity index (χ4n) is 2.69. The SMILES string of the molecule is CC(C)c1ccc2c(n1)c(N1CCN(C)CC1)nn2C. The summed E-state index contributed by atoms with van der Waals surface area (Å²) in [6.45, 7) is 8.58. The first-order valence-corrected chi connectivity index (χ1v) is 7.33. The molecular formula is C15H23N5. The van der Waals surface area contributed by atoms with Crippen LogP contribution < -0.4 is 4.90 Å². The van der Waals surface area contributed by atoms with Crippen molar-refractivity contribution in [1.82, 2.24) is 19.7 Å². The van der Waals surface area contributed by atoms with E-state index in [2.05, 4.69) is 42.8 Å². The summed E-state index contributed by atoms with van der Waals surface area (Å²) in [5.41, 5.74) is 3.30. The van der Waals surface area contributed by atoms with Gasteiger partial charge in [0.25, 0.3) is 0 Å². The molecule has 3 heterocycles. The standard InChI is InChI=1S/C15H23N5/c1-11(2)12-5-6-13-14(16-12)15(17-19(13)4)20-9-7-18(3)8-10-20/h5-6,11H,7-10H2,1-4H3. The van der Waals surface area contributed by atoms with E-state index in [0.29, 0.717) is 5.92 Å². The molecule has 20 heavy (non-hydrogen) atoms. The van der Waals surface area contributed by atoms with Crippen LogP contribution in [0.15, 0.2) is 12.1 Å². The van der Waals surface area contributed by atoms with Gasteiger partial charge in [0.05, 0.1) is 5.52 Å². The average Bonchev–Trinajstić information content (AvgIpc) is 2.76. The fraction of sp³-hybridized carbons (Fsp3) is 0.600. The van der Waals surface area contributed by atoms with Crippen LogP contribution in [0.5, 0.6) is 0 Å². The lowest BCUT2D eigenvalue weighted by Crippen LogP contribution is -2.44. The zero-order chi connectivity index (χ0) is 14.3. The molecule has 1 aliphatic heterocycles. The molecule has 0 unspecified atom stereocenters. The van der Waals surface area contributed by atoms with Gasteiger partial charge in [-0.15, -0.1) is 0 Å². The number of hydrogen-bond donors (Lipinski definition) is 0. The highest BCUT2D eigenvalue weighted by Crippen LogP contribution is 2.26. The Kier molecular flexibility index (Phi) is 3.38. The van der Waals surface area contributed by atoms with Crippen LogP contribution in [0.25, 0.3) is 11.0 Å². The molecule has 3 rings (SSSR count). The molecule has 1 saturated heterocycles. The summed E-state index contributed by atoms with van der Waals surface area (Å²) in [4.78, 5) is 9.57. The van der Waals surface area contributed by atoms with Gasteiger partial charge in [0, 0.05) is 38.9 Å². The lowest BCUT2D eigenvalue weighted by atomic mass is 10.1. The summed E-state index contributed by atoms with van der Waals surface area (Å²) in [7, 11) is 4.17. The molecule has 0 spiro atoms. The van der Waals surface area contributed by atoms with E-state index < -0.39 is 0 Å². The largest absolute Gasteiger partial charge is 0.351 e. The van der Waals surface area contributed by atoms with Crippen molar-refractivity contribution < 1.29 is 0 Å². The van der Waals surface area contributed by atoms with Gasteiger partial charge in [-0.25, -0.2) is 4.98 Å². The second-order valence-corrected chi connectivity index (χ2v) is 6.00. The Morgan fingerprint density at radius 3 is 2.40 bits per heavy atom. The molecule has 108 valence electrons. The summed E-state index contributed by atoms with van der Waals surface area (Å²) in [5, 5.41) is 4.70. The van der Waals surface area contributed by atoms with Crippen LogP contribution in [0.2, 0.25) is 0 Å². The number of nitrogens with zero attached hydrogens (tertiary/aromatic N) is 5. The molecule has 2 aromatic heterocycles. The van der Waals surface area contributed by atoms with Crippen molar-refractivity contribution in [1.29, 1.82) is 0 Å². The minimum absolute atomic E-state index is 0.444. The molecule has 1 aliphatic rings. The molecule has 0 bridgehead atoms. The van der Waals surface area contributed by atoms with Gasteiger partial charge in [-0.05, 0) is 25.1 Å². The van der Waals surface area contributed by atoms with Gasteiger partial charge in [0.1, 0.15) is 5.52 Å². The fourth-order valence-corrected chi connectivity index (χ4v) is 2.69. The molecular weight excluding hydrogens is 250 g/mol. The number of piperazine rings is 1. The highest BCUT2D eigenvalue weighted by atomic mass is 15.4. The minimum Gasteiger partial charge on any atom is -0.351 e. The van der Waals surface area contributed by atoms with Gasteiger partial charge in [0.15, 0.2) is 5.82 Å². The molecule has 0 N–H and O–H groups in total. The van der Waals surface area contributed by atoms with Gasteiger partial charge >= 0.3 is 0 Å². The zero-order valence-corrected chi connectivity index (χ0v) is 12.8. The molecule has 5 nitrogen and oxygen atoms in total. The van der Waals surface area contributed by atoms with Gasteiger partial charge < -0.3 is 9.80 Å². The molecule has 0 aromatic carbocycles. The Labute approximate surface area is 120 Å². The van der Waals surface area contributed by atoms with Crippen LogP contribution in [-0.4, -0.2) is 52.9 Å². The van der Waals surface area contributed by atoms with Gasteiger partial charge in [-0.1, -0.05) is 13.8 Å². The molecule has 0 atom stereocenters. The van der Waals surface area contributed by atoms with Crippen LogP contribution in [0.3, 0.4) is 0 Å². The quantitative estimate of drug-likeness (QED) is 0.837. The van der Waals surface area contributed by atoms with Crippen LogP contribution >= 0.6 is 0 Å². The van der Waals surface area contributed by atoms with E-state index in [0.717, 1.165) is 48.7 Å². The lowest BCUT2D eigenvalue weighted by molar-refractivity contribution is 0.312. The predicted octanol–water partition coefficient (Wildman–Crippen LogP) is 1.84. The second-order valence-electron chi connectivity index (χ2n) is 6.00. The summed E-state index contributed by atoms with van der Waals surface area (Å²) < 4.78 is 1.94. The van der Waals surface area contributed by atoms with E-state index in [9.17, 15) is 0 Å². The number of likely N-dealkylation sites (N-methyl/N-ethyl adjacent to an activating group) is 1. The Morgan fingerprint density at radius 2 is 1.75 bits per heavy atom. The summed E-state index contributed by atoms with van der Waals surface area (Å²) in [5.74, 6) is 1.48. The van der Waals surface area contributed by atoms with E-state index >= 15 is 0 Å². The molecule has 1 fully saturated rings. The molecule has 0 radical (unpaired) electrons. The highest BCUT2D eigenvalue weighted by Gasteiger charge is 2.21. The first-order valence-electron chi connectivity index (χ1n) is 7.33. The van der Waals surface area contributed by atoms with Crippen molar-refractivity contribution >= 4 is 16.9 Å². The van der Waals surface area contributed by atoms with Crippen LogP contribution in [-0.2, 0) is 7.05 Å². The number of aryl methyl sites for hydroxylation is 1. The van der Waals surface area contributed by atoms with Crippen LogP contribution in [0.4, 0.5) is 5.82 Å². The third kappa shape index (κ3) is 2.26. The Morgan fingerprint density at radius 1 is 1.05 bits per heavy atom. The van der Waals surface area contributed by atoms with Gasteiger partial charge in [-0.2, -0.15) is 5.10 Å². The van der Waals surface area contributed by atoms with Crippen molar-refractivity contribution in [3.8, 4) is 0 Å². The van der Waals surface area contributed by atoms with Crippen molar-refractivity contribution in [2.45, 2.75) is 19.8 Å². The number of fused-ring (bicyclic) bond motifs is 1. The Hall–Kier alpha value is -1.62. The second kappa shape index (κ2) is 5.05. The monoisotopic (exact) mass is 273 g/mol. The van der Waals surface area contributed by atoms with E-state index in [1.807, 2.05) is 11.7 Å². The molecule has 5 heteroatoms. The van der Waals surface area contributed by atoms with Crippen molar-refractivity contribution in [2.75, 3.05) is 38.1 Å². The molecule has 0 saturated carbocycles. The topological polar surface area (TPSA) is 37.2 Å². The van der Waals surface area contributed by atoms with Crippen molar-refractivity contribution in [2.24, 2.45) is 7.05 Å². The normalized spacial score (nSPS) is 17.4. The minimum atomic E-state index is 0.444. The molecule has 0 amide bonds. The smallest absolute Gasteiger partial charge is 0.177 e. The first-order chi connectivity index (χ1) is 9.56. The summed E-state index contributed by atoms with van der Waals surface area (Å²) in [6, 6.07) is 4.26. The van der Waals surface area contributed by atoms with Gasteiger partial charge in [0.2, 0.25) is 0 Å². The van der Waals surface area contributed by atoms with E-state index in [4.69, 9.17) is 10.1 Å².